The van der Waals surface area contributed by atoms with Gasteiger partial charge in [0.1, 0.15) is 0 Å². The fraction of sp³-hybridized carbons (Fsp3) is 0.500. The molecular weight excluding hydrogens is 492 g/mol. The summed E-state index contributed by atoms with van der Waals surface area (Å²) in [7, 11) is 3.05. The summed E-state index contributed by atoms with van der Waals surface area (Å²) < 4.78 is 27.8. The van der Waals surface area contributed by atoms with Gasteiger partial charge < -0.3 is 23.7 Å². The second kappa shape index (κ2) is 12.5. The molecule has 0 saturated carbocycles. The van der Waals surface area contributed by atoms with E-state index < -0.39 is 34.7 Å². The van der Waals surface area contributed by atoms with Gasteiger partial charge in [-0.2, -0.15) is 5.26 Å². The number of ether oxygens (including phenoxy) is 5. The van der Waals surface area contributed by atoms with E-state index in [1.54, 1.807) is 42.5 Å². The number of nitrogens with zero attached hydrogens (tertiary/aromatic N) is 2. The van der Waals surface area contributed by atoms with Crippen LogP contribution in [0, 0.1) is 27.4 Å². The Labute approximate surface area is 222 Å². The molecule has 0 N–H and O–H groups in total. The van der Waals surface area contributed by atoms with Crippen LogP contribution in [-0.4, -0.2) is 43.5 Å². The van der Waals surface area contributed by atoms with Crippen molar-refractivity contribution in [3.63, 3.8) is 0 Å². The highest BCUT2D eigenvalue weighted by atomic mass is 16.7. The van der Waals surface area contributed by atoms with Crippen molar-refractivity contribution in [2.24, 2.45) is 5.92 Å². The molecule has 204 valence electrons. The Morgan fingerprint density at radius 1 is 1.16 bits per heavy atom. The van der Waals surface area contributed by atoms with Crippen molar-refractivity contribution < 1.29 is 33.4 Å². The highest BCUT2D eigenvalue weighted by Gasteiger charge is 2.44. The molecule has 1 heterocycles. The van der Waals surface area contributed by atoms with Crippen molar-refractivity contribution in [3.8, 4) is 29.1 Å². The van der Waals surface area contributed by atoms with Gasteiger partial charge in [0.25, 0.3) is 6.04 Å². The van der Waals surface area contributed by atoms with Gasteiger partial charge in [-0.05, 0) is 48.6 Å². The topological polar surface area (TPSA) is 130 Å². The molecule has 1 aliphatic rings. The zero-order chi connectivity index (χ0) is 27.9. The van der Waals surface area contributed by atoms with E-state index in [0.29, 0.717) is 35.0 Å². The van der Waals surface area contributed by atoms with Crippen LogP contribution in [-0.2, 0) is 14.9 Å². The summed E-state index contributed by atoms with van der Waals surface area (Å²) in [6.07, 6.45) is -1.17. The van der Waals surface area contributed by atoms with E-state index in [-0.39, 0.29) is 25.2 Å². The predicted molar refractivity (Wildman–Crippen MR) is 138 cm³/mol. The maximum absolute atomic E-state index is 12.2. The standard InChI is InChI=1S/C28H34N2O8/c1-6-18(2)28(17-29,20-11-12-23(34-4)26(15-20)35-5)14-13-22(36-19(3)31)21(30(32)33)16-27-37-24-9-7-8-10-25(24)38-27/h7-12,15,18,21-22,27H,6,13-14,16H2,1-5H3. The average Bonchev–Trinajstić information content (AvgIpc) is 3.33. The molecule has 0 fully saturated rings. The number of hydrogen-bond acceptors (Lipinski definition) is 9. The summed E-state index contributed by atoms with van der Waals surface area (Å²) in [6.45, 7) is 5.15. The van der Waals surface area contributed by atoms with Gasteiger partial charge in [-0.25, -0.2) is 0 Å². The van der Waals surface area contributed by atoms with Gasteiger partial charge in [-0.15, -0.1) is 0 Å². The molecule has 4 atom stereocenters. The van der Waals surface area contributed by atoms with Gasteiger partial charge in [0.05, 0.1) is 32.1 Å². The normalized spacial score (nSPS) is 16.4. The lowest BCUT2D eigenvalue weighted by molar-refractivity contribution is -0.537. The van der Waals surface area contributed by atoms with Crippen molar-refractivity contribution in [1.82, 2.24) is 0 Å². The Bertz CT molecular complexity index is 1150. The number of carbonyl (C=O) groups excluding carboxylic acids is 1. The molecule has 0 aromatic heterocycles. The number of carbonyl (C=O) groups is 1. The first-order valence-electron chi connectivity index (χ1n) is 12.6. The maximum Gasteiger partial charge on any atom is 0.303 e. The fourth-order valence-electron chi connectivity index (χ4n) is 4.90. The fourth-order valence-corrected chi connectivity index (χ4v) is 4.90. The molecule has 10 nitrogen and oxygen atoms in total. The molecule has 0 spiro atoms. The zero-order valence-corrected chi connectivity index (χ0v) is 22.3. The average molecular weight is 527 g/mol. The third-order valence-corrected chi connectivity index (χ3v) is 7.19. The number of nitro groups is 1. The molecule has 0 aliphatic carbocycles. The van der Waals surface area contributed by atoms with E-state index in [1.165, 1.54) is 21.1 Å². The van der Waals surface area contributed by atoms with Crippen LogP contribution < -0.4 is 18.9 Å². The van der Waals surface area contributed by atoms with E-state index in [1.807, 2.05) is 13.8 Å². The van der Waals surface area contributed by atoms with Crippen molar-refractivity contribution in [2.75, 3.05) is 14.2 Å². The highest BCUT2D eigenvalue weighted by molar-refractivity contribution is 5.66. The molecule has 2 aromatic rings. The highest BCUT2D eigenvalue weighted by Crippen LogP contribution is 2.43. The molecule has 0 radical (unpaired) electrons. The summed E-state index contributed by atoms with van der Waals surface area (Å²) in [4.78, 5) is 23.7. The van der Waals surface area contributed by atoms with Crippen LogP contribution in [0.1, 0.15) is 52.0 Å². The van der Waals surface area contributed by atoms with E-state index in [0.717, 1.165) is 0 Å². The largest absolute Gasteiger partial charge is 0.493 e. The smallest absolute Gasteiger partial charge is 0.303 e. The molecule has 10 heteroatoms. The summed E-state index contributed by atoms with van der Waals surface area (Å²) in [5, 5.41) is 22.7. The van der Waals surface area contributed by atoms with Crippen LogP contribution in [0.5, 0.6) is 23.0 Å². The van der Waals surface area contributed by atoms with Gasteiger partial charge in [0, 0.05) is 11.8 Å². The quantitative estimate of drug-likeness (QED) is 0.200. The summed E-state index contributed by atoms with van der Waals surface area (Å²) in [5.41, 5.74) is -0.325. The monoisotopic (exact) mass is 526 g/mol. The molecule has 38 heavy (non-hydrogen) atoms. The first-order valence-corrected chi connectivity index (χ1v) is 12.6. The predicted octanol–water partition coefficient (Wildman–Crippen LogP) is 5.06. The lowest BCUT2D eigenvalue weighted by Gasteiger charge is -2.35. The molecule has 4 unspecified atom stereocenters. The first-order chi connectivity index (χ1) is 18.2. The van der Waals surface area contributed by atoms with Gasteiger partial charge in [0.15, 0.2) is 29.1 Å². The number of para-hydroxylation sites is 2. The minimum Gasteiger partial charge on any atom is -0.493 e. The number of esters is 1. The molecular formula is C28H34N2O8. The minimum atomic E-state index is -1.31. The van der Waals surface area contributed by atoms with Crippen molar-refractivity contribution in [2.45, 2.75) is 70.3 Å². The Morgan fingerprint density at radius 2 is 1.79 bits per heavy atom. The zero-order valence-electron chi connectivity index (χ0n) is 22.3. The van der Waals surface area contributed by atoms with Crippen LogP contribution in [0.3, 0.4) is 0 Å². The number of hydrogen-bond donors (Lipinski definition) is 0. The van der Waals surface area contributed by atoms with Crippen LogP contribution >= 0.6 is 0 Å². The first kappa shape index (κ1) is 28.6. The maximum atomic E-state index is 12.2. The van der Waals surface area contributed by atoms with Crippen LogP contribution in [0.25, 0.3) is 0 Å². The molecule has 1 aliphatic heterocycles. The second-order valence-corrected chi connectivity index (χ2v) is 9.35. The minimum absolute atomic E-state index is 0.0805. The number of fused-ring (bicyclic) bond motifs is 1. The summed E-state index contributed by atoms with van der Waals surface area (Å²) in [6, 6.07) is 13.5. The van der Waals surface area contributed by atoms with Gasteiger partial charge in [-0.1, -0.05) is 38.5 Å². The van der Waals surface area contributed by atoms with Crippen molar-refractivity contribution in [1.29, 1.82) is 5.26 Å². The van der Waals surface area contributed by atoms with Crippen LogP contribution in [0.15, 0.2) is 42.5 Å². The number of rotatable bonds is 13. The van der Waals surface area contributed by atoms with Gasteiger partial charge in [0.2, 0.25) is 6.29 Å². The van der Waals surface area contributed by atoms with Gasteiger partial charge in [-0.3, -0.25) is 14.9 Å². The number of methoxy groups -OCH3 is 2. The third kappa shape index (κ3) is 6.10. The second-order valence-electron chi connectivity index (χ2n) is 9.35. The Hall–Kier alpha value is -4.00. The Morgan fingerprint density at radius 3 is 2.29 bits per heavy atom. The SMILES string of the molecule is CCC(C)C(C#N)(CCC(OC(C)=O)C(CC1Oc2ccccc2O1)[N+](=O)[O-])c1ccc(OC)c(OC)c1. The molecule has 2 aromatic carbocycles. The van der Waals surface area contributed by atoms with E-state index in [2.05, 4.69) is 6.07 Å². The Kier molecular flexibility index (Phi) is 9.40. The summed E-state index contributed by atoms with van der Waals surface area (Å²) >= 11 is 0. The summed E-state index contributed by atoms with van der Waals surface area (Å²) in [5.74, 6) is 1.23. The van der Waals surface area contributed by atoms with E-state index in [4.69, 9.17) is 23.7 Å². The lowest BCUT2D eigenvalue weighted by Crippen LogP contribution is -2.43. The van der Waals surface area contributed by atoms with Crippen molar-refractivity contribution in [3.05, 3.63) is 58.1 Å². The van der Waals surface area contributed by atoms with Gasteiger partial charge >= 0.3 is 5.97 Å². The number of benzene rings is 2. The van der Waals surface area contributed by atoms with E-state index in [9.17, 15) is 20.2 Å². The van der Waals surface area contributed by atoms with Crippen molar-refractivity contribution >= 4 is 5.97 Å². The van der Waals surface area contributed by atoms with E-state index >= 15 is 0 Å². The number of nitriles is 1. The Balaban J connectivity index is 1.90. The molecule has 0 amide bonds. The molecule has 3 rings (SSSR count). The van der Waals surface area contributed by atoms with Crippen LogP contribution in [0.4, 0.5) is 0 Å². The molecule has 0 bridgehead atoms. The molecule has 0 saturated heterocycles. The third-order valence-electron chi connectivity index (χ3n) is 7.19. The lowest BCUT2D eigenvalue weighted by atomic mass is 9.67. The van der Waals surface area contributed by atoms with Crippen LogP contribution in [0.2, 0.25) is 0 Å².